The molecule has 0 unspecified atom stereocenters. The minimum absolute atomic E-state index is 0.398. The van der Waals surface area contributed by atoms with Crippen LogP contribution in [0.5, 0.6) is 0 Å². The van der Waals surface area contributed by atoms with E-state index in [1.807, 2.05) is 7.11 Å². The van der Waals surface area contributed by atoms with E-state index in [0.717, 1.165) is 32.3 Å². The van der Waals surface area contributed by atoms with Gasteiger partial charge in [0.25, 0.3) is 0 Å². The molecule has 1 saturated carbocycles. The summed E-state index contributed by atoms with van der Waals surface area (Å²) in [4.78, 5) is 0. The Kier molecular flexibility index (Phi) is 4.00. The average molecular weight is 212 g/mol. The van der Waals surface area contributed by atoms with Gasteiger partial charge in [-0.25, -0.2) is 0 Å². The Bertz CT molecular complexity index is 181. The highest BCUT2D eigenvalue weighted by Crippen LogP contribution is 2.29. The van der Waals surface area contributed by atoms with Crippen LogP contribution in [-0.2, 0) is 4.74 Å². The Labute approximate surface area is 93.0 Å². The topological polar surface area (TPSA) is 33.3 Å². The Morgan fingerprint density at radius 3 is 2.60 bits per heavy atom. The zero-order valence-electron chi connectivity index (χ0n) is 9.85. The van der Waals surface area contributed by atoms with Gasteiger partial charge in [-0.1, -0.05) is 6.42 Å². The first-order chi connectivity index (χ1) is 7.35. The monoisotopic (exact) mass is 212 g/mol. The summed E-state index contributed by atoms with van der Waals surface area (Å²) in [7, 11) is 1.83. The van der Waals surface area contributed by atoms with Crippen LogP contribution in [0.4, 0.5) is 0 Å². The van der Waals surface area contributed by atoms with E-state index >= 15 is 0 Å². The zero-order valence-corrected chi connectivity index (χ0v) is 9.85. The number of nitrogens with one attached hydrogen (secondary N) is 2. The largest absolute Gasteiger partial charge is 0.384 e. The van der Waals surface area contributed by atoms with Crippen LogP contribution in [0.3, 0.4) is 0 Å². The van der Waals surface area contributed by atoms with Gasteiger partial charge in [-0.15, -0.1) is 0 Å². The van der Waals surface area contributed by atoms with E-state index in [-0.39, 0.29) is 0 Å². The third kappa shape index (κ3) is 2.92. The third-order valence-electron chi connectivity index (χ3n) is 3.99. The van der Waals surface area contributed by atoms with E-state index in [9.17, 15) is 0 Å². The molecule has 2 aliphatic rings. The summed E-state index contributed by atoms with van der Waals surface area (Å²) in [5, 5.41) is 7.14. The summed E-state index contributed by atoms with van der Waals surface area (Å²) in [6.45, 7) is 4.35. The molecule has 88 valence electrons. The number of hydrogen-bond donors (Lipinski definition) is 2. The van der Waals surface area contributed by atoms with Gasteiger partial charge in [0.1, 0.15) is 0 Å². The predicted molar refractivity (Wildman–Crippen MR) is 62.1 cm³/mol. The first-order valence-corrected chi connectivity index (χ1v) is 6.28. The van der Waals surface area contributed by atoms with Crippen molar-refractivity contribution in [3.05, 3.63) is 0 Å². The highest BCUT2D eigenvalue weighted by molar-refractivity contribution is 4.89. The normalized spacial score (nSPS) is 26.2. The van der Waals surface area contributed by atoms with E-state index in [0.29, 0.717) is 5.41 Å². The lowest BCUT2D eigenvalue weighted by Gasteiger charge is -2.39. The maximum Gasteiger partial charge on any atom is 0.0531 e. The van der Waals surface area contributed by atoms with Crippen molar-refractivity contribution in [2.75, 3.05) is 33.4 Å². The van der Waals surface area contributed by atoms with Gasteiger partial charge in [0.05, 0.1) is 6.61 Å². The van der Waals surface area contributed by atoms with E-state index in [4.69, 9.17) is 4.74 Å². The van der Waals surface area contributed by atoms with Crippen LogP contribution in [0.15, 0.2) is 0 Å². The van der Waals surface area contributed by atoms with Gasteiger partial charge in [0.15, 0.2) is 0 Å². The third-order valence-corrected chi connectivity index (χ3v) is 3.99. The van der Waals surface area contributed by atoms with Gasteiger partial charge in [-0.3, -0.25) is 0 Å². The fourth-order valence-electron chi connectivity index (χ4n) is 2.61. The van der Waals surface area contributed by atoms with Crippen molar-refractivity contribution in [1.82, 2.24) is 10.6 Å². The molecule has 0 atom stereocenters. The van der Waals surface area contributed by atoms with Crippen molar-refractivity contribution in [2.45, 2.75) is 38.1 Å². The van der Waals surface area contributed by atoms with Crippen LogP contribution < -0.4 is 10.6 Å². The summed E-state index contributed by atoms with van der Waals surface area (Å²) < 4.78 is 5.40. The van der Waals surface area contributed by atoms with Crippen molar-refractivity contribution in [1.29, 1.82) is 0 Å². The van der Waals surface area contributed by atoms with E-state index in [1.165, 1.54) is 32.1 Å². The molecule has 1 aliphatic carbocycles. The summed E-state index contributed by atoms with van der Waals surface area (Å²) in [5.41, 5.74) is 0.398. The van der Waals surface area contributed by atoms with Gasteiger partial charge in [-0.05, 0) is 38.8 Å². The quantitative estimate of drug-likeness (QED) is 0.717. The molecule has 0 aromatic heterocycles. The predicted octanol–water partition coefficient (Wildman–Crippen LogP) is 1.14. The van der Waals surface area contributed by atoms with Crippen molar-refractivity contribution in [2.24, 2.45) is 5.41 Å². The summed E-state index contributed by atoms with van der Waals surface area (Å²) >= 11 is 0. The molecular formula is C12H24N2O. The molecule has 0 amide bonds. The van der Waals surface area contributed by atoms with Gasteiger partial charge >= 0.3 is 0 Å². The maximum absolute atomic E-state index is 5.40. The molecule has 0 spiro atoms. The molecule has 1 aliphatic heterocycles. The van der Waals surface area contributed by atoms with Crippen LogP contribution >= 0.6 is 0 Å². The molecule has 0 aromatic rings. The molecule has 15 heavy (non-hydrogen) atoms. The van der Waals surface area contributed by atoms with Gasteiger partial charge < -0.3 is 15.4 Å². The van der Waals surface area contributed by atoms with Crippen LogP contribution in [0, 0.1) is 5.41 Å². The van der Waals surface area contributed by atoms with Crippen LogP contribution in [0.25, 0.3) is 0 Å². The number of ether oxygens (including phenoxy) is 1. The number of hydrogen-bond acceptors (Lipinski definition) is 3. The summed E-state index contributed by atoms with van der Waals surface area (Å²) in [6, 6.07) is 0.800. The van der Waals surface area contributed by atoms with Crippen molar-refractivity contribution >= 4 is 0 Å². The Morgan fingerprint density at radius 1 is 1.33 bits per heavy atom. The number of piperidine rings is 1. The second-order valence-corrected chi connectivity index (χ2v) is 5.19. The van der Waals surface area contributed by atoms with Crippen LogP contribution in [0.1, 0.15) is 32.1 Å². The van der Waals surface area contributed by atoms with E-state index < -0.39 is 0 Å². The minimum atomic E-state index is 0.398. The van der Waals surface area contributed by atoms with Crippen LogP contribution in [0.2, 0.25) is 0 Å². The molecule has 3 nitrogen and oxygen atoms in total. The molecule has 1 heterocycles. The van der Waals surface area contributed by atoms with Crippen molar-refractivity contribution in [3.8, 4) is 0 Å². The van der Waals surface area contributed by atoms with E-state index in [2.05, 4.69) is 10.6 Å². The van der Waals surface area contributed by atoms with Crippen molar-refractivity contribution < 1.29 is 4.74 Å². The Hall–Kier alpha value is -0.120. The fraction of sp³-hybridized carbons (Fsp3) is 1.00. The van der Waals surface area contributed by atoms with Crippen LogP contribution in [-0.4, -0.2) is 39.4 Å². The number of rotatable bonds is 5. The Morgan fingerprint density at radius 2 is 2.07 bits per heavy atom. The molecular weight excluding hydrogens is 188 g/mol. The first kappa shape index (κ1) is 11.4. The smallest absolute Gasteiger partial charge is 0.0531 e. The van der Waals surface area contributed by atoms with Gasteiger partial charge in [0, 0.05) is 25.1 Å². The molecule has 0 aromatic carbocycles. The molecule has 3 heteroatoms. The lowest BCUT2D eigenvalue weighted by Crippen LogP contribution is -2.49. The molecule has 2 N–H and O–H groups in total. The highest BCUT2D eigenvalue weighted by atomic mass is 16.5. The zero-order chi connectivity index (χ0) is 10.6. The second kappa shape index (κ2) is 5.28. The molecule has 2 fully saturated rings. The minimum Gasteiger partial charge on any atom is -0.384 e. The lowest BCUT2D eigenvalue weighted by molar-refractivity contribution is 0.0490. The molecule has 2 rings (SSSR count). The summed E-state index contributed by atoms with van der Waals surface area (Å²) in [6.07, 6.45) is 6.67. The van der Waals surface area contributed by atoms with Gasteiger partial charge in [-0.2, -0.15) is 0 Å². The molecule has 1 saturated heterocycles. The SMILES string of the molecule is COCC1(CNC2CCC2)CCNCC1. The fourth-order valence-corrected chi connectivity index (χ4v) is 2.61. The number of methoxy groups -OCH3 is 1. The standard InChI is InChI=1S/C12H24N2O/c1-15-10-12(5-7-13-8-6-12)9-14-11-3-2-4-11/h11,13-14H,2-10H2,1H3. The average Bonchev–Trinajstić information content (AvgIpc) is 2.17. The first-order valence-electron chi connectivity index (χ1n) is 6.28. The highest BCUT2D eigenvalue weighted by Gasteiger charge is 2.33. The molecule has 0 radical (unpaired) electrons. The molecule has 0 bridgehead atoms. The van der Waals surface area contributed by atoms with Crippen molar-refractivity contribution in [3.63, 3.8) is 0 Å². The van der Waals surface area contributed by atoms with Gasteiger partial charge in [0.2, 0.25) is 0 Å². The second-order valence-electron chi connectivity index (χ2n) is 5.19. The maximum atomic E-state index is 5.40. The van der Waals surface area contributed by atoms with E-state index in [1.54, 1.807) is 0 Å². The summed E-state index contributed by atoms with van der Waals surface area (Å²) in [5.74, 6) is 0. The lowest BCUT2D eigenvalue weighted by atomic mass is 9.79. The Balaban J connectivity index is 1.80.